The molecule has 0 aromatic heterocycles. The molecule has 0 atom stereocenters. The molecule has 0 aliphatic carbocycles. The number of benzene rings is 1. The number of nitrogen functional groups attached to an aromatic ring is 1. The number of anilines is 1. The zero-order chi connectivity index (χ0) is 11.3. The summed E-state index contributed by atoms with van der Waals surface area (Å²) in [5, 5.41) is 0. The molecular weight excluding hydrogens is 278 g/mol. The third kappa shape index (κ3) is 4.03. The molecule has 0 saturated heterocycles. The van der Waals surface area contributed by atoms with Crippen molar-refractivity contribution in [2.75, 3.05) is 25.7 Å². The van der Waals surface area contributed by atoms with Gasteiger partial charge in [0.15, 0.2) is 6.29 Å². The first-order valence-corrected chi connectivity index (χ1v) is 6.18. The molecule has 0 bridgehead atoms. The fraction of sp³-hybridized carbons (Fsp3) is 0.400. The molecule has 0 unspecified atom stereocenters. The van der Waals surface area contributed by atoms with Crippen LogP contribution in [0.1, 0.15) is 0 Å². The number of rotatable bonds is 5. The normalized spacial score (nSPS) is 10.9. The lowest BCUT2D eigenvalue weighted by molar-refractivity contribution is -0.0842. The van der Waals surface area contributed by atoms with Crippen molar-refractivity contribution in [2.45, 2.75) is 11.2 Å². The van der Waals surface area contributed by atoms with Crippen LogP contribution in [0.3, 0.4) is 0 Å². The minimum atomic E-state index is -0.201. The number of thioether (sulfide) groups is 1. The molecule has 1 aromatic carbocycles. The molecule has 1 rings (SSSR count). The Kier molecular flexibility index (Phi) is 5.45. The zero-order valence-corrected chi connectivity index (χ0v) is 11.1. The molecule has 0 fully saturated rings. The summed E-state index contributed by atoms with van der Waals surface area (Å²) < 4.78 is 11.2. The Morgan fingerprint density at radius 1 is 1.40 bits per heavy atom. The highest BCUT2D eigenvalue weighted by Crippen LogP contribution is 2.28. The van der Waals surface area contributed by atoms with Crippen LogP contribution < -0.4 is 5.73 Å². The fourth-order valence-corrected chi connectivity index (χ4v) is 2.57. The lowest BCUT2D eigenvalue weighted by Gasteiger charge is -2.13. The summed E-state index contributed by atoms with van der Waals surface area (Å²) in [6, 6.07) is 5.78. The molecule has 1 aromatic rings. The summed E-state index contributed by atoms with van der Waals surface area (Å²) in [7, 11) is 3.25. The maximum atomic E-state index is 5.84. The highest BCUT2D eigenvalue weighted by Gasteiger charge is 2.07. The van der Waals surface area contributed by atoms with Gasteiger partial charge >= 0.3 is 0 Å². The van der Waals surface area contributed by atoms with E-state index in [4.69, 9.17) is 15.2 Å². The van der Waals surface area contributed by atoms with Crippen molar-refractivity contribution in [3.63, 3.8) is 0 Å². The van der Waals surface area contributed by atoms with Crippen LogP contribution in [-0.4, -0.2) is 26.3 Å². The van der Waals surface area contributed by atoms with E-state index in [-0.39, 0.29) is 6.29 Å². The van der Waals surface area contributed by atoms with E-state index in [9.17, 15) is 0 Å². The van der Waals surface area contributed by atoms with E-state index < -0.39 is 0 Å². The Morgan fingerprint density at radius 2 is 2.07 bits per heavy atom. The summed E-state index contributed by atoms with van der Waals surface area (Å²) in [5.41, 5.74) is 6.61. The maximum Gasteiger partial charge on any atom is 0.166 e. The van der Waals surface area contributed by atoms with Crippen molar-refractivity contribution in [3.05, 3.63) is 22.7 Å². The Hall–Kier alpha value is -0.230. The Balaban J connectivity index is 2.60. The van der Waals surface area contributed by atoms with Gasteiger partial charge in [-0.2, -0.15) is 0 Å². The fourth-order valence-electron chi connectivity index (χ4n) is 1.02. The van der Waals surface area contributed by atoms with Gasteiger partial charge in [0.05, 0.1) is 0 Å². The van der Waals surface area contributed by atoms with Crippen LogP contribution in [0.5, 0.6) is 0 Å². The van der Waals surface area contributed by atoms with E-state index in [1.165, 1.54) is 0 Å². The van der Waals surface area contributed by atoms with Gasteiger partial charge in [-0.3, -0.25) is 0 Å². The van der Waals surface area contributed by atoms with E-state index in [1.807, 2.05) is 18.2 Å². The Labute approximate surface area is 102 Å². The molecule has 0 saturated carbocycles. The standard InChI is InChI=1S/C10H14BrNO2S/c1-13-10(14-2)6-15-9-5-7(11)3-4-8(9)12/h3-5,10H,6,12H2,1-2H3. The van der Waals surface area contributed by atoms with E-state index in [1.54, 1.807) is 26.0 Å². The number of nitrogens with two attached hydrogens (primary N) is 1. The smallest absolute Gasteiger partial charge is 0.166 e. The summed E-state index contributed by atoms with van der Waals surface area (Å²) in [6.07, 6.45) is -0.201. The molecule has 3 nitrogen and oxygen atoms in total. The molecule has 84 valence electrons. The number of hydrogen-bond donors (Lipinski definition) is 1. The molecule has 0 aliphatic heterocycles. The molecule has 0 amide bonds. The van der Waals surface area contributed by atoms with Crippen LogP contribution in [-0.2, 0) is 9.47 Å². The van der Waals surface area contributed by atoms with Crippen molar-refractivity contribution < 1.29 is 9.47 Å². The Morgan fingerprint density at radius 3 is 2.67 bits per heavy atom. The maximum absolute atomic E-state index is 5.84. The molecular formula is C10H14BrNO2S. The minimum Gasteiger partial charge on any atom is -0.398 e. The third-order valence-electron chi connectivity index (χ3n) is 1.88. The second-order valence-electron chi connectivity index (χ2n) is 2.89. The molecule has 0 radical (unpaired) electrons. The van der Waals surface area contributed by atoms with Gasteiger partial charge in [-0.05, 0) is 18.2 Å². The first-order chi connectivity index (χ1) is 7.17. The summed E-state index contributed by atoms with van der Waals surface area (Å²) in [6.45, 7) is 0. The molecule has 2 N–H and O–H groups in total. The van der Waals surface area contributed by atoms with Crippen molar-refractivity contribution in [1.29, 1.82) is 0 Å². The van der Waals surface area contributed by atoms with Gasteiger partial charge in [-0.25, -0.2) is 0 Å². The number of methoxy groups -OCH3 is 2. The lowest BCUT2D eigenvalue weighted by Crippen LogP contribution is -2.15. The van der Waals surface area contributed by atoms with Crippen molar-refractivity contribution in [2.24, 2.45) is 0 Å². The predicted molar refractivity (Wildman–Crippen MR) is 67.1 cm³/mol. The van der Waals surface area contributed by atoms with Crippen LogP contribution >= 0.6 is 27.7 Å². The van der Waals surface area contributed by atoms with Gasteiger partial charge in [-0.15, -0.1) is 11.8 Å². The first-order valence-electron chi connectivity index (χ1n) is 4.40. The Bertz CT molecular complexity index is 318. The van der Waals surface area contributed by atoms with E-state index >= 15 is 0 Å². The van der Waals surface area contributed by atoms with Crippen LogP contribution in [0.15, 0.2) is 27.6 Å². The largest absolute Gasteiger partial charge is 0.398 e. The van der Waals surface area contributed by atoms with Gasteiger partial charge in [0.1, 0.15) is 0 Å². The van der Waals surface area contributed by atoms with E-state index in [2.05, 4.69) is 15.9 Å². The van der Waals surface area contributed by atoms with Crippen molar-refractivity contribution >= 4 is 33.4 Å². The predicted octanol–water partition coefficient (Wildman–Crippen LogP) is 2.74. The quantitative estimate of drug-likeness (QED) is 0.515. The SMILES string of the molecule is COC(CSc1cc(Br)ccc1N)OC. The van der Waals surface area contributed by atoms with Crippen LogP contribution in [0.2, 0.25) is 0 Å². The molecule has 5 heteroatoms. The topological polar surface area (TPSA) is 44.5 Å². The summed E-state index contributed by atoms with van der Waals surface area (Å²) >= 11 is 5.02. The number of hydrogen-bond acceptors (Lipinski definition) is 4. The van der Waals surface area contributed by atoms with Crippen molar-refractivity contribution in [3.8, 4) is 0 Å². The zero-order valence-electron chi connectivity index (χ0n) is 8.70. The number of ether oxygens (including phenoxy) is 2. The van der Waals surface area contributed by atoms with Gasteiger partial charge in [0.2, 0.25) is 0 Å². The highest BCUT2D eigenvalue weighted by atomic mass is 79.9. The minimum absolute atomic E-state index is 0.201. The number of halogens is 1. The molecule has 0 heterocycles. The first kappa shape index (κ1) is 12.8. The molecule has 0 aliphatic rings. The lowest BCUT2D eigenvalue weighted by atomic mass is 10.3. The second-order valence-corrected chi connectivity index (χ2v) is 4.87. The molecule has 0 spiro atoms. The average Bonchev–Trinajstić information content (AvgIpc) is 2.24. The van der Waals surface area contributed by atoms with E-state index in [0.29, 0.717) is 5.75 Å². The van der Waals surface area contributed by atoms with Crippen LogP contribution in [0, 0.1) is 0 Å². The monoisotopic (exact) mass is 291 g/mol. The summed E-state index contributed by atoms with van der Waals surface area (Å²) in [4.78, 5) is 1.03. The average molecular weight is 292 g/mol. The van der Waals surface area contributed by atoms with Gasteiger partial charge in [0, 0.05) is 35.0 Å². The van der Waals surface area contributed by atoms with E-state index in [0.717, 1.165) is 15.1 Å². The second kappa shape index (κ2) is 6.37. The van der Waals surface area contributed by atoms with Crippen molar-refractivity contribution in [1.82, 2.24) is 0 Å². The third-order valence-corrected chi connectivity index (χ3v) is 3.47. The molecule has 15 heavy (non-hydrogen) atoms. The van der Waals surface area contributed by atoms with Crippen LogP contribution in [0.4, 0.5) is 5.69 Å². The van der Waals surface area contributed by atoms with Gasteiger partial charge in [-0.1, -0.05) is 15.9 Å². The van der Waals surface area contributed by atoms with Crippen LogP contribution in [0.25, 0.3) is 0 Å². The van der Waals surface area contributed by atoms with Gasteiger partial charge < -0.3 is 15.2 Å². The van der Waals surface area contributed by atoms with Gasteiger partial charge in [0.25, 0.3) is 0 Å². The highest BCUT2D eigenvalue weighted by molar-refractivity contribution is 9.10. The summed E-state index contributed by atoms with van der Waals surface area (Å²) in [5.74, 6) is 0.716.